The fourth-order valence-corrected chi connectivity index (χ4v) is 3.97. The predicted molar refractivity (Wildman–Crippen MR) is 90.3 cm³/mol. The molecule has 0 aromatic carbocycles. The SMILES string of the molecule is O=S1CCN(c2nc(N3CCNCC3)nc3nccnc23)CC1. The second kappa shape index (κ2) is 6.32. The van der Waals surface area contributed by atoms with Crippen LogP contribution in [0.3, 0.4) is 0 Å². The number of aromatic nitrogens is 4. The second-order valence-electron chi connectivity index (χ2n) is 5.65. The van der Waals surface area contributed by atoms with Crippen LogP contribution in [-0.4, -0.2) is 74.9 Å². The Morgan fingerprint density at radius 2 is 1.70 bits per heavy atom. The van der Waals surface area contributed by atoms with E-state index in [2.05, 4.69) is 30.1 Å². The maximum Gasteiger partial charge on any atom is 0.229 e. The van der Waals surface area contributed by atoms with Crippen molar-refractivity contribution in [3.05, 3.63) is 12.4 Å². The fraction of sp³-hybridized carbons (Fsp3) is 0.571. The zero-order chi connectivity index (χ0) is 15.6. The van der Waals surface area contributed by atoms with E-state index in [4.69, 9.17) is 4.98 Å². The molecule has 9 heteroatoms. The summed E-state index contributed by atoms with van der Waals surface area (Å²) in [6.45, 7) is 5.09. The van der Waals surface area contributed by atoms with Gasteiger partial charge in [-0.1, -0.05) is 0 Å². The second-order valence-corrected chi connectivity index (χ2v) is 7.34. The van der Waals surface area contributed by atoms with Crippen molar-refractivity contribution in [2.24, 2.45) is 0 Å². The molecule has 0 saturated carbocycles. The molecule has 0 atom stereocenters. The van der Waals surface area contributed by atoms with Crippen molar-refractivity contribution >= 4 is 33.7 Å². The number of nitrogens with one attached hydrogen (secondary N) is 1. The highest BCUT2D eigenvalue weighted by atomic mass is 32.2. The molecule has 0 bridgehead atoms. The Bertz CT molecular complexity index is 724. The third-order valence-electron chi connectivity index (χ3n) is 4.18. The number of fused-ring (bicyclic) bond motifs is 1. The van der Waals surface area contributed by atoms with Crippen LogP contribution < -0.4 is 15.1 Å². The maximum absolute atomic E-state index is 11.6. The molecule has 2 fully saturated rings. The van der Waals surface area contributed by atoms with Crippen molar-refractivity contribution < 1.29 is 4.21 Å². The Balaban J connectivity index is 1.75. The molecule has 2 aliphatic heterocycles. The van der Waals surface area contributed by atoms with E-state index in [1.165, 1.54) is 0 Å². The molecular formula is C14H19N7OS. The van der Waals surface area contributed by atoms with E-state index in [-0.39, 0.29) is 0 Å². The molecule has 1 N–H and O–H groups in total. The first kappa shape index (κ1) is 14.7. The largest absolute Gasteiger partial charge is 0.353 e. The van der Waals surface area contributed by atoms with Crippen LogP contribution in [0.15, 0.2) is 12.4 Å². The maximum atomic E-state index is 11.6. The van der Waals surface area contributed by atoms with E-state index in [0.717, 1.165) is 50.6 Å². The third-order valence-corrected chi connectivity index (χ3v) is 5.46. The minimum atomic E-state index is -0.718. The van der Waals surface area contributed by atoms with E-state index < -0.39 is 10.8 Å². The summed E-state index contributed by atoms with van der Waals surface area (Å²) in [5, 5.41) is 3.34. The van der Waals surface area contributed by atoms with Crippen LogP contribution in [0.25, 0.3) is 11.2 Å². The lowest BCUT2D eigenvalue weighted by molar-refractivity contribution is 0.580. The summed E-state index contributed by atoms with van der Waals surface area (Å²) in [5.74, 6) is 2.87. The molecule has 8 nitrogen and oxygen atoms in total. The molecule has 4 rings (SSSR count). The average Bonchev–Trinajstić information content (AvgIpc) is 2.62. The third kappa shape index (κ3) is 2.98. The molecule has 23 heavy (non-hydrogen) atoms. The molecule has 0 radical (unpaired) electrons. The molecule has 2 aromatic heterocycles. The Hall–Kier alpha value is -1.87. The van der Waals surface area contributed by atoms with Gasteiger partial charge in [0, 0.05) is 74.0 Å². The van der Waals surface area contributed by atoms with Crippen LogP contribution in [0, 0.1) is 0 Å². The molecule has 2 aliphatic rings. The van der Waals surface area contributed by atoms with Gasteiger partial charge in [-0.25, -0.2) is 9.97 Å². The molecule has 4 heterocycles. The van der Waals surface area contributed by atoms with Crippen molar-refractivity contribution in [1.82, 2.24) is 25.3 Å². The molecule has 0 aliphatic carbocycles. The van der Waals surface area contributed by atoms with Crippen LogP contribution in [0.1, 0.15) is 0 Å². The Labute approximate surface area is 136 Å². The van der Waals surface area contributed by atoms with Crippen LogP contribution in [0.2, 0.25) is 0 Å². The van der Waals surface area contributed by atoms with Gasteiger partial charge in [-0.3, -0.25) is 4.21 Å². The Morgan fingerprint density at radius 3 is 2.48 bits per heavy atom. The average molecular weight is 333 g/mol. The summed E-state index contributed by atoms with van der Waals surface area (Å²) in [7, 11) is -0.718. The van der Waals surface area contributed by atoms with Gasteiger partial charge in [-0.2, -0.15) is 9.97 Å². The highest BCUT2D eigenvalue weighted by Gasteiger charge is 2.23. The van der Waals surface area contributed by atoms with Gasteiger partial charge >= 0.3 is 0 Å². The van der Waals surface area contributed by atoms with Gasteiger partial charge in [0.25, 0.3) is 0 Å². The van der Waals surface area contributed by atoms with E-state index in [1.54, 1.807) is 12.4 Å². The van der Waals surface area contributed by atoms with E-state index >= 15 is 0 Å². The lowest BCUT2D eigenvalue weighted by Crippen LogP contribution is -2.44. The lowest BCUT2D eigenvalue weighted by Gasteiger charge is -2.31. The normalized spacial score (nSPS) is 20.2. The van der Waals surface area contributed by atoms with E-state index in [0.29, 0.717) is 23.1 Å². The lowest BCUT2D eigenvalue weighted by atomic mass is 10.3. The summed E-state index contributed by atoms with van der Waals surface area (Å²) in [5.41, 5.74) is 1.34. The number of piperazine rings is 1. The molecule has 2 saturated heterocycles. The monoisotopic (exact) mass is 333 g/mol. The first-order valence-corrected chi connectivity index (χ1v) is 9.34. The first-order chi connectivity index (χ1) is 11.3. The van der Waals surface area contributed by atoms with Crippen LogP contribution in [0.5, 0.6) is 0 Å². The van der Waals surface area contributed by atoms with Crippen molar-refractivity contribution in [1.29, 1.82) is 0 Å². The van der Waals surface area contributed by atoms with Crippen LogP contribution >= 0.6 is 0 Å². The molecule has 2 aromatic rings. The number of anilines is 2. The van der Waals surface area contributed by atoms with E-state index in [1.807, 2.05) is 0 Å². The summed E-state index contributed by atoms with van der Waals surface area (Å²) >= 11 is 0. The Kier molecular flexibility index (Phi) is 4.04. The predicted octanol–water partition coefficient (Wildman–Crippen LogP) is -0.602. The number of hydrogen-bond donors (Lipinski definition) is 1. The minimum Gasteiger partial charge on any atom is -0.353 e. The zero-order valence-electron chi connectivity index (χ0n) is 12.8. The van der Waals surface area contributed by atoms with Gasteiger partial charge in [0.15, 0.2) is 17.0 Å². The summed E-state index contributed by atoms with van der Waals surface area (Å²) < 4.78 is 11.6. The highest BCUT2D eigenvalue weighted by Crippen LogP contribution is 2.24. The van der Waals surface area contributed by atoms with Gasteiger partial charge in [0.2, 0.25) is 5.95 Å². The van der Waals surface area contributed by atoms with Crippen LogP contribution in [0.4, 0.5) is 11.8 Å². The van der Waals surface area contributed by atoms with Gasteiger partial charge < -0.3 is 15.1 Å². The zero-order valence-corrected chi connectivity index (χ0v) is 13.6. The van der Waals surface area contributed by atoms with Crippen molar-refractivity contribution in [3.63, 3.8) is 0 Å². The van der Waals surface area contributed by atoms with Gasteiger partial charge in [-0.15, -0.1) is 0 Å². The first-order valence-electron chi connectivity index (χ1n) is 7.85. The summed E-state index contributed by atoms with van der Waals surface area (Å²) in [6, 6.07) is 0. The van der Waals surface area contributed by atoms with Crippen LogP contribution in [-0.2, 0) is 10.8 Å². The standard InChI is InChI=1S/C14H19N7OS/c22-23-9-7-20(8-10-23)13-11-12(17-2-1-16-11)18-14(19-13)21-5-3-15-4-6-21/h1-2,15H,3-10H2. The summed E-state index contributed by atoms with van der Waals surface area (Å²) in [6.07, 6.45) is 3.33. The van der Waals surface area contributed by atoms with Crippen molar-refractivity contribution in [2.75, 3.05) is 60.6 Å². The topological polar surface area (TPSA) is 87.1 Å². The van der Waals surface area contributed by atoms with Gasteiger partial charge in [0.05, 0.1) is 0 Å². The van der Waals surface area contributed by atoms with Crippen molar-refractivity contribution in [2.45, 2.75) is 0 Å². The summed E-state index contributed by atoms with van der Waals surface area (Å²) in [4.78, 5) is 22.5. The smallest absolute Gasteiger partial charge is 0.229 e. The van der Waals surface area contributed by atoms with Gasteiger partial charge in [0.1, 0.15) is 0 Å². The molecular weight excluding hydrogens is 314 g/mol. The molecule has 0 unspecified atom stereocenters. The van der Waals surface area contributed by atoms with Gasteiger partial charge in [-0.05, 0) is 0 Å². The number of rotatable bonds is 2. The Morgan fingerprint density at radius 1 is 0.957 bits per heavy atom. The number of nitrogens with zero attached hydrogens (tertiary/aromatic N) is 6. The molecule has 0 spiro atoms. The highest BCUT2D eigenvalue weighted by molar-refractivity contribution is 7.85. The van der Waals surface area contributed by atoms with Crippen molar-refractivity contribution in [3.8, 4) is 0 Å². The molecule has 122 valence electrons. The minimum absolute atomic E-state index is 0.623. The quantitative estimate of drug-likeness (QED) is 0.779. The number of hydrogen-bond acceptors (Lipinski definition) is 8. The van der Waals surface area contributed by atoms with E-state index in [9.17, 15) is 4.21 Å². The fourth-order valence-electron chi connectivity index (χ4n) is 2.91. The molecule has 0 amide bonds.